The van der Waals surface area contributed by atoms with E-state index >= 15 is 0 Å². The largest absolute Gasteiger partial charge is 0.492 e. The molecule has 0 bridgehead atoms. The molecule has 0 aliphatic heterocycles. The van der Waals surface area contributed by atoms with Gasteiger partial charge in [0.05, 0.1) is 18.5 Å². The van der Waals surface area contributed by atoms with Crippen LogP contribution in [0.1, 0.15) is 13.3 Å². The van der Waals surface area contributed by atoms with Crippen molar-refractivity contribution in [2.75, 3.05) is 11.3 Å². The molecule has 0 atom stereocenters. The van der Waals surface area contributed by atoms with E-state index in [-0.39, 0.29) is 10.6 Å². The molecular formula is C14H15ClN2O3S. The van der Waals surface area contributed by atoms with Crippen molar-refractivity contribution in [2.45, 2.75) is 18.2 Å². The van der Waals surface area contributed by atoms with Gasteiger partial charge in [-0.3, -0.25) is 9.71 Å². The number of nitrogens with one attached hydrogen (secondary N) is 1. The third-order valence-electron chi connectivity index (χ3n) is 2.57. The molecule has 0 unspecified atom stereocenters. The Balaban J connectivity index is 2.36. The van der Waals surface area contributed by atoms with Crippen molar-refractivity contribution in [2.24, 2.45) is 0 Å². The topological polar surface area (TPSA) is 68.3 Å². The molecule has 2 aromatic rings. The number of nitrogens with zero attached hydrogens (tertiary/aromatic N) is 1. The quantitative estimate of drug-likeness (QED) is 0.884. The Kier molecular flexibility index (Phi) is 5.03. The van der Waals surface area contributed by atoms with Crippen LogP contribution in [0.4, 0.5) is 5.69 Å². The maximum Gasteiger partial charge on any atom is 0.265 e. The van der Waals surface area contributed by atoms with E-state index in [9.17, 15) is 8.42 Å². The molecule has 0 radical (unpaired) electrons. The zero-order valence-electron chi connectivity index (χ0n) is 11.4. The van der Waals surface area contributed by atoms with Crippen molar-refractivity contribution in [3.05, 3.63) is 47.7 Å². The van der Waals surface area contributed by atoms with E-state index in [1.54, 1.807) is 30.5 Å². The normalized spacial score (nSPS) is 11.1. The molecule has 1 heterocycles. The van der Waals surface area contributed by atoms with Gasteiger partial charge in [0, 0.05) is 11.2 Å². The lowest BCUT2D eigenvalue weighted by molar-refractivity contribution is 0.309. The number of anilines is 1. The van der Waals surface area contributed by atoms with Crippen molar-refractivity contribution in [3.63, 3.8) is 0 Å². The highest BCUT2D eigenvalue weighted by atomic mass is 35.5. The summed E-state index contributed by atoms with van der Waals surface area (Å²) < 4.78 is 32.8. The van der Waals surface area contributed by atoms with Crippen molar-refractivity contribution >= 4 is 27.3 Å². The molecule has 21 heavy (non-hydrogen) atoms. The second-order valence-electron chi connectivity index (χ2n) is 4.29. The summed E-state index contributed by atoms with van der Waals surface area (Å²) in [7, 11) is -3.80. The van der Waals surface area contributed by atoms with E-state index in [0.29, 0.717) is 17.3 Å². The van der Waals surface area contributed by atoms with Gasteiger partial charge in [0.2, 0.25) is 0 Å². The summed E-state index contributed by atoms with van der Waals surface area (Å²) in [5.41, 5.74) is 0.374. The maximum absolute atomic E-state index is 12.5. The van der Waals surface area contributed by atoms with Crippen LogP contribution >= 0.6 is 11.6 Å². The summed E-state index contributed by atoms with van der Waals surface area (Å²) in [6, 6.07) is 7.77. The molecule has 2 rings (SSSR count). The van der Waals surface area contributed by atoms with Gasteiger partial charge in [-0.25, -0.2) is 8.42 Å². The van der Waals surface area contributed by atoms with Crippen LogP contribution in [-0.4, -0.2) is 20.0 Å². The van der Waals surface area contributed by atoms with Crippen LogP contribution in [0.2, 0.25) is 5.02 Å². The Hall–Kier alpha value is -1.79. The maximum atomic E-state index is 12.5. The van der Waals surface area contributed by atoms with Crippen LogP contribution < -0.4 is 9.46 Å². The number of hydrogen-bond donors (Lipinski definition) is 1. The van der Waals surface area contributed by atoms with Crippen molar-refractivity contribution in [1.82, 2.24) is 4.98 Å². The summed E-state index contributed by atoms with van der Waals surface area (Å²) in [6.07, 6.45) is 3.76. The molecule has 0 fully saturated rings. The van der Waals surface area contributed by atoms with Crippen LogP contribution in [0.15, 0.2) is 47.6 Å². The highest BCUT2D eigenvalue weighted by Crippen LogP contribution is 2.29. The first-order valence-corrected chi connectivity index (χ1v) is 8.24. The Bertz CT molecular complexity index is 705. The molecular weight excluding hydrogens is 312 g/mol. The first-order chi connectivity index (χ1) is 10.0. The number of ether oxygens (including phenoxy) is 1. The fourth-order valence-corrected chi connectivity index (χ4v) is 3.11. The standard InChI is InChI=1S/C14H15ClN2O3S/c1-2-8-20-13-6-5-11(15)9-14(13)21(18,19)17-12-4-3-7-16-10-12/h3-7,9-10,17H,2,8H2,1H3. The summed E-state index contributed by atoms with van der Waals surface area (Å²) in [5.74, 6) is 0.276. The first-order valence-electron chi connectivity index (χ1n) is 6.38. The number of aromatic nitrogens is 1. The van der Waals surface area contributed by atoms with Gasteiger partial charge in [0.1, 0.15) is 10.6 Å². The number of pyridine rings is 1. The van der Waals surface area contributed by atoms with Crippen LogP contribution in [0, 0.1) is 0 Å². The van der Waals surface area contributed by atoms with Crippen LogP contribution in [0.5, 0.6) is 5.75 Å². The molecule has 0 spiro atoms. The molecule has 0 saturated heterocycles. The van der Waals surface area contributed by atoms with Gasteiger partial charge in [-0.15, -0.1) is 0 Å². The smallest absolute Gasteiger partial charge is 0.265 e. The van der Waals surface area contributed by atoms with E-state index < -0.39 is 10.0 Å². The number of sulfonamides is 1. The molecule has 1 aromatic carbocycles. The average Bonchev–Trinajstić information content (AvgIpc) is 2.46. The lowest BCUT2D eigenvalue weighted by Gasteiger charge is -2.13. The highest BCUT2D eigenvalue weighted by molar-refractivity contribution is 7.92. The summed E-state index contributed by atoms with van der Waals surface area (Å²) in [4.78, 5) is 3.87. The lowest BCUT2D eigenvalue weighted by Crippen LogP contribution is -2.14. The number of rotatable bonds is 6. The van der Waals surface area contributed by atoms with Crippen LogP contribution in [-0.2, 0) is 10.0 Å². The Morgan fingerprint density at radius 3 is 2.81 bits per heavy atom. The van der Waals surface area contributed by atoms with E-state index in [1.807, 2.05) is 6.92 Å². The Labute approximate surface area is 129 Å². The number of benzene rings is 1. The van der Waals surface area contributed by atoms with E-state index in [4.69, 9.17) is 16.3 Å². The van der Waals surface area contributed by atoms with Gasteiger partial charge in [-0.2, -0.15) is 0 Å². The minimum absolute atomic E-state index is 0.00676. The third-order valence-corrected chi connectivity index (χ3v) is 4.21. The molecule has 0 saturated carbocycles. The fraction of sp³-hybridized carbons (Fsp3) is 0.214. The van der Waals surface area contributed by atoms with Gasteiger partial charge >= 0.3 is 0 Å². The SMILES string of the molecule is CCCOc1ccc(Cl)cc1S(=O)(=O)Nc1cccnc1. The predicted molar refractivity (Wildman–Crippen MR) is 82.3 cm³/mol. The fourth-order valence-electron chi connectivity index (χ4n) is 1.66. The zero-order valence-corrected chi connectivity index (χ0v) is 13.0. The second-order valence-corrected chi connectivity index (χ2v) is 6.37. The molecule has 7 heteroatoms. The number of halogens is 1. The van der Waals surface area contributed by atoms with Crippen molar-refractivity contribution < 1.29 is 13.2 Å². The number of hydrogen-bond acceptors (Lipinski definition) is 4. The van der Waals surface area contributed by atoms with Gasteiger partial charge < -0.3 is 4.74 Å². The molecule has 1 aromatic heterocycles. The third kappa shape index (κ3) is 4.09. The lowest BCUT2D eigenvalue weighted by atomic mass is 10.3. The molecule has 0 aliphatic carbocycles. The molecule has 1 N–H and O–H groups in total. The van der Waals surface area contributed by atoms with Crippen molar-refractivity contribution in [3.8, 4) is 5.75 Å². The molecule has 0 aliphatic rings. The highest BCUT2D eigenvalue weighted by Gasteiger charge is 2.20. The van der Waals surface area contributed by atoms with Crippen LogP contribution in [0.3, 0.4) is 0 Å². The summed E-state index contributed by atoms with van der Waals surface area (Å²) >= 11 is 5.90. The second kappa shape index (κ2) is 6.78. The average molecular weight is 327 g/mol. The minimum atomic E-state index is -3.80. The van der Waals surface area contributed by atoms with Gasteiger partial charge in [-0.05, 0) is 36.8 Å². The first kappa shape index (κ1) is 15.6. The monoisotopic (exact) mass is 326 g/mol. The van der Waals surface area contributed by atoms with E-state index in [2.05, 4.69) is 9.71 Å². The molecule has 112 valence electrons. The minimum Gasteiger partial charge on any atom is -0.492 e. The Morgan fingerprint density at radius 2 is 2.14 bits per heavy atom. The Morgan fingerprint density at radius 1 is 1.33 bits per heavy atom. The summed E-state index contributed by atoms with van der Waals surface area (Å²) in [5, 5.41) is 0.324. The molecule has 5 nitrogen and oxygen atoms in total. The zero-order chi connectivity index (χ0) is 15.3. The van der Waals surface area contributed by atoms with Crippen LogP contribution in [0.25, 0.3) is 0 Å². The van der Waals surface area contributed by atoms with Crippen molar-refractivity contribution in [1.29, 1.82) is 0 Å². The van der Waals surface area contributed by atoms with Gasteiger partial charge in [0.15, 0.2) is 0 Å². The van der Waals surface area contributed by atoms with Gasteiger partial charge in [0.25, 0.3) is 10.0 Å². The summed E-state index contributed by atoms with van der Waals surface area (Å²) in [6.45, 7) is 2.37. The van der Waals surface area contributed by atoms with E-state index in [0.717, 1.165) is 6.42 Å². The van der Waals surface area contributed by atoms with E-state index in [1.165, 1.54) is 12.3 Å². The van der Waals surface area contributed by atoms with Gasteiger partial charge in [-0.1, -0.05) is 18.5 Å². The molecule has 0 amide bonds. The predicted octanol–water partition coefficient (Wildman–Crippen LogP) is 3.32.